The van der Waals surface area contributed by atoms with Gasteiger partial charge in [-0.05, 0) is 65.9 Å². The lowest BCUT2D eigenvalue weighted by atomic mass is 9.82. The highest BCUT2D eigenvalue weighted by Gasteiger charge is 2.56. The Balaban J connectivity index is 1.62. The predicted octanol–water partition coefficient (Wildman–Crippen LogP) is 2.09. The van der Waals surface area contributed by atoms with E-state index in [0.717, 1.165) is 0 Å². The fraction of sp³-hybridized carbons (Fsp3) is 0.250. The first-order valence-corrected chi connectivity index (χ1v) is 10.1. The molecule has 0 spiro atoms. The summed E-state index contributed by atoms with van der Waals surface area (Å²) < 4.78 is 4.77. The smallest absolute Gasteiger partial charge is 0.352 e. The number of fused-ring (bicyclic) bond motifs is 4. The van der Waals surface area contributed by atoms with Crippen LogP contribution in [0.1, 0.15) is 45.2 Å². The van der Waals surface area contributed by atoms with Gasteiger partial charge in [-0.2, -0.15) is 0 Å². The molecule has 0 radical (unpaired) electrons. The van der Waals surface area contributed by atoms with Crippen molar-refractivity contribution in [3.05, 3.63) is 64.3 Å². The van der Waals surface area contributed by atoms with Crippen molar-refractivity contribution >= 4 is 29.2 Å². The third-order valence-electron chi connectivity index (χ3n) is 6.52. The first kappa shape index (κ1) is 20.1. The second-order valence-electron chi connectivity index (χ2n) is 8.22. The SMILES string of the molecule is COC(=O)c1ccc2c(c1)-c1cc(C3=C(C(=O)O)N4C(=O)[C@H]([C@@H](C)O)[C@H]4C3)ccc1C2=O. The summed E-state index contributed by atoms with van der Waals surface area (Å²) in [6, 6.07) is 9.35. The van der Waals surface area contributed by atoms with Gasteiger partial charge in [0.1, 0.15) is 5.70 Å². The van der Waals surface area contributed by atoms with Crippen molar-refractivity contribution in [1.29, 1.82) is 0 Å². The van der Waals surface area contributed by atoms with Gasteiger partial charge in [0, 0.05) is 11.1 Å². The third kappa shape index (κ3) is 2.59. The van der Waals surface area contributed by atoms with Gasteiger partial charge in [-0.15, -0.1) is 0 Å². The maximum atomic E-state index is 12.8. The number of aliphatic hydroxyl groups excluding tert-OH is 1. The van der Waals surface area contributed by atoms with Gasteiger partial charge in [-0.25, -0.2) is 9.59 Å². The number of β-lactam (4-membered cyclic amide) rings is 1. The largest absolute Gasteiger partial charge is 0.477 e. The van der Waals surface area contributed by atoms with Gasteiger partial charge in [0.25, 0.3) is 0 Å². The highest BCUT2D eigenvalue weighted by atomic mass is 16.5. The van der Waals surface area contributed by atoms with Crippen LogP contribution in [0.4, 0.5) is 0 Å². The molecule has 162 valence electrons. The van der Waals surface area contributed by atoms with Crippen LogP contribution in [0.15, 0.2) is 42.1 Å². The monoisotopic (exact) mass is 433 g/mol. The van der Waals surface area contributed by atoms with Crippen LogP contribution in [0.25, 0.3) is 16.7 Å². The van der Waals surface area contributed by atoms with Gasteiger partial charge in [0.05, 0.1) is 30.7 Å². The summed E-state index contributed by atoms with van der Waals surface area (Å²) >= 11 is 0. The van der Waals surface area contributed by atoms with Crippen LogP contribution < -0.4 is 0 Å². The zero-order valence-electron chi connectivity index (χ0n) is 17.3. The van der Waals surface area contributed by atoms with E-state index in [2.05, 4.69) is 0 Å². The number of methoxy groups -OCH3 is 1. The highest BCUT2D eigenvalue weighted by Crippen LogP contribution is 2.48. The number of esters is 1. The number of rotatable bonds is 4. The molecule has 0 bridgehead atoms. The van der Waals surface area contributed by atoms with Crippen molar-refractivity contribution in [2.24, 2.45) is 5.92 Å². The second-order valence-corrected chi connectivity index (χ2v) is 8.22. The summed E-state index contributed by atoms with van der Waals surface area (Å²) in [7, 11) is 1.28. The van der Waals surface area contributed by atoms with Gasteiger partial charge in [-0.1, -0.05) is 6.07 Å². The fourth-order valence-corrected chi connectivity index (χ4v) is 5.03. The average molecular weight is 433 g/mol. The Labute approximate surface area is 182 Å². The molecule has 1 amide bonds. The quantitative estimate of drug-likeness (QED) is 0.477. The molecule has 8 nitrogen and oxygen atoms in total. The molecule has 2 heterocycles. The molecule has 8 heteroatoms. The van der Waals surface area contributed by atoms with E-state index in [-0.39, 0.29) is 11.5 Å². The second kappa shape index (κ2) is 6.86. The van der Waals surface area contributed by atoms with E-state index in [1.54, 1.807) is 30.3 Å². The Morgan fingerprint density at radius 2 is 1.72 bits per heavy atom. The van der Waals surface area contributed by atoms with E-state index in [0.29, 0.717) is 45.4 Å². The number of nitrogens with zero attached hydrogens (tertiary/aromatic N) is 1. The molecule has 2 N–H and O–H groups in total. The van der Waals surface area contributed by atoms with Crippen LogP contribution in [0.5, 0.6) is 0 Å². The molecule has 0 unspecified atom stereocenters. The minimum Gasteiger partial charge on any atom is -0.477 e. The first-order chi connectivity index (χ1) is 15.2. The van der Waals surface area contributed by atoms with Gasteiger partial charge in [0.15, 0.2) is 5.78 Å². The Hall–Kier alpha value is -3.78. The molecular weight excluding hydrogens is 414 g/mol. The number of ketones is 1. The van der Waals surface area contributed by atoms with Crippen molar-refractivity contribution in [3.63, 3.8) is 0 Å². The summed E-state index contributed by atoms with van der Waals surface area (Å²) in [5, 5.41) is 19.7. The standard InChI is InChI=1S/C24H19NO7/c1-10(26)19-18-9-15(20(23(29)30)25(18)22(19)28)11-3-5-13-16(7-11)17-8-12(24(31)32-2)4-6-14(17)21(13)27/h3-8,10,18-19,26H,9H2,1-2H3,(H,29,30)/t10-,18-,19-/m1/s1. The lowest BCUT2D eigenvalue weighted by Gasteiger charge is -2.44. The van der Waals surface area contributed by atoms with Gasteiger partial charge in [-0.3, -0.25) is 9.59 Å². The van der Waals surface area contributed by atoms with Gasteiger partial charge >= 0.3 is 11.9 Å². The fourth-order valence-electron chi connectivity index (χ4n) is 5.03. The van der Waals surface area contributed by atoms with Crippen LogP contribution in [-0.2, 0) is 14.3 Å². The number of amides is 1. The molecule has 2 aliphatic heterocycles. The lowest BCUT2D eigenvalue weighted by molar-refractivity contribution is -0.161. The zero-order valence-corrected chi connectivity index (χ0v) is 17.3. The van der Waals surface area contributed by atoms with Crippen molar-refractivity contribution in [2.45, 2.75) is 25.5 Å². The summed E-state index contributed by atoms with van der Waals surface area (Å²) in [5.41, 5.74) is 3.36. The Bertz CT molecular complexity index is 1270. The van der Waals surface area contributed by atoms with E-state index >= 15 is 0 Å². The Kier molecular flexibility index (Phi) is 4.32. The Morgan fingerprint density at radius 1 is 1.06 bits per heavy atom. The molecule has 1 aliphatic carbocycles. The van der Waals surface area contributed by atoms with E-state index in [9.17, 15) is 29.4 Å². The number of benzene rings is 2. The summed E-state index contributed by atoms with van der Waals surface area (Å²) in [5.74, 6) is -2.96. The molecular formula is C24H19NO7. The number of hydrogen-bond acceptors (Lipinski definition) is 6. The minimum atomic E-state index is -1.22. The molecule has 0 aromatic heterocycles. The maximum Gasteiger partial charge on any atom is 0.352 e. The van der Waals surface area contributed by atoms with E-state index in [4.69, 9.17) is 4.74 Å². The molecule has 2 aromatic carbocycles. The molecule has 0 saturated carbocycles. The number of carboxylic acid groups (broad SMARTS) is 1. The van der Waals surface area contributed by atoms with Crippen LogP contribution >= 0.6 is 0 Å². The van der Waals surface area contributed by atoms with E-state index in [1.165, 1.54) is 25.0 Å². The molecule has 1 fully saturated rings. The minimum absolute atomic E-state index is 0.0929. The Morgan fingerprint density at radius 3 is 2.34 bits per heavy atom. The summed E-state index contributed by atoms with van der Waals surface area (Å²) in [4.78, 5) is 50.5. The highest BCUT2D eigenvalue weighted by molar-refractivity contribution is 6.22. The van der Waals surface area contributed by atoms with Crippen LogP contribution in [0.2, 0.25) is 0 Å². The lowest BCUT2D eigenvalue weighted by Crippen LogP contribution is -2.61. The van der Waals surface area contributed by atoms with Crippen LogP contribution in [0, 0.1) is 5.92 Å². The normalized spacial score (nSPS) is 21.7. The van der Waals surface area contributed by atoms with E-state index < -0.39 is 35.9 Å². The molecule has 3 aliphatic rings. The zero-order chi connectivity index (χ0) is 22.9. The number of aliphatic carboxylic acids is 1. The van der Waals surface area contributed by atoms with E-state index in [1.807, 2.05) is 0 Å². The van der Waals surface area contributed by atoms with Gasteiger partial charge in [0.2, 0.25) is 5.91 Å². The predicted molar refractivity (Wildman–Crippen MR) is 112 cm³/mol. The summed E-state index contributed by atoms with van der Waals surface area (Å²) in [6.45, 7) is 1.52. The van der Waals surface area contributed by atoms with Crippen molar-refractivity contribution in [2.75, 3.05) is 7.11 Å². The van der Waals surface area contributed by atoms with Crippen LogP contribution in [-0.4, -0.2) is 58.0 Å². The van der Waals surface area contributed by atoms with Gasteiger partial charge < -0.3 is 19.8 Å². The van der Waals surface area contributed by atoms with Crippen molar-refractivity contribution < 1.29 is 34.1 Å². The van der Waals surface area contributed by atoms with Crippen molar-refractivity contribution in [1.82, 2.24) is 4.90 Å². The first-order valence-electron chi connectivity index (χ1n) is 10.1. The molecule has 2 aromatic rings. The van der Waals surface area contributed by atoms with Crippen LogP contribution in [0.3, 0.4) is 0 Å². The number of carboxylic acids is 1. The number of carbonyl (C=O) groups excluding carboxylic acids is 3. The average Bonchev–Trinajstić information content (AvgIpc) is 3.25. The number of hydrogen-bond donors (Lipinski definition) is 2. The topological polar surface area (TPSA) is 121 Å². The molecule has 5 rings (SSSR count). The third-order valence-corrected chi connectivity index (χ3v) is 6.52. The summed E-state index contributed by atoms with van der Waals surface area (Å²) in [6.07, 6.45) is -0.579. The van der Waals surface area contributed by atoms with Crippen molar-refractivity contribution in [3.8, 4) is 11.1 Å². The maximum absolute atomic E-state index is 12.8. The number of carbonyl (C=O) groups is 4. The molecule has 32 heavy (non-hydrogen) atoms. The molecule has 3 atom stereocenters. The number of aliphatic hydroxyl groups is 1. The molecule has 1 saturated heterocycles. The number of ether oxygens (including phenoxy) is 1.